The fraction of sp³-hybridized carbons (Fsp3) is 0.344. The van der Waals surface area contributed by atoms with Crippen LogP contribution in [0.1, 0.15) is 30.4 Å². The van der Waals surface area contributed by atoms with Crippen LogP contribution in [0.2, 0.25) is 0 Å². The largest absolute Gasteiger partial charge is 0.342 e. The highest BCUT2D eigenvalue weighted by Crippen LogP contribution is 2.28. The highest BCUT2D eigenvalue weighted by Gasteiger charge is 2.38. The van der Waals surface area contributed by atoms with Crippen molar-refractivity contribution in [3.05, 3.63) is 90.0 Å². The quantitative estimate of drug-likeness (QED) is 0.395. The van der Waals surface area contributed by atoms with Crippen LogP contribution in [0.15, 0.2) is 83.8 Å². The van der Waals surface area contributed by atoms with Crippen molar-refractivity contribution >= 4 is 39.1 Å². The van der Waals surface area contributed by atoms with Crippen LogP contribution in [0, 0.1) is 18.8 Å². The van der Waals surface area contributed by atoms with Gasteiger partial charge < -0.3 is 15.1 Å². The van der Waals surface area contributed by atoms with Gasteiger partial charge in [0.05, 0.1) is 10.8 Å². The van der Waals surface area contributed by atoms with E-state index in [1.54, 1.807) is 21.9 Å². The van der Waals surface area contributed by atoms with Crippen LogP contribution in [-0.4, -0.2) is 57.2 Å². The normalized spacial score (nSPS) is 17.8. The van der Waals surface area contributed by atoms with Crippen molar-refractivity contribution < 1.29 is 22.8 Å². The third kappa shape index (κ3) is 7.06. The van der Waals surface area contributed by atoms with Gasteiger partial charge >= 0.3 is 0 Å². The van der Waals surface area contributed by atoms with Crippen molar-refractivity contribution in [3.8, 4) is 0 Å². The van der Waals surface area contributed by atoms with E-state index in [0.29, 0.717) is 44.6 Å². The summed E-state index contributed by atoms with van der Waals surface area (Å²) < 4.78 is 27.9. The number of nitrogens with zero attached hydrogens (tertiary/aromatic N) is 2. The topological polar surface area (TPSA) is 116 Å². The minimum Gasteiger partial charge on any atom is -0.342 e. The van der Waals surface area contributed by atoms with Crippen LogP contribution < -0.4 is 14.9 Å². The van der Waals surface area contributed by atoms with Crippen LogP contribution in [0.4, 0.5) is 11.4 Å². The molecular weight excluding hydrogens is 552 g/mol. The fourth-order valence-corrected chi connectivity index (χ4v) is 6.52. The maximum Gasteiger partial charge on any atom is 0.240 e. The number of benzene rings is 3. The molecule has 5 rings (SSSR count). The number of carbonyl (C=O) groups is 3. The maximum absolute atomic E-state index is 13.2. The monoisotopic (exact) mass is 588 g/mol. The first-order valence-corrected chi connectivity index (χ1v) is 15.8. The number of sulfonamides is 1. The summed E-state index contributed by atoms with van der Waals surface area (Å²) in [6.07, 6.45) is 1.83. The van der Waals surface area contributed by atoms with Crippen molar-refractivity contribution in [2.24, 2.45) is 11.8 Å². The van der Waals surface area contributed by atoms with Gasteiger partial charge in [-0.1, -0.05) is 48.0 Å². The number of likely N-dealkylation sites (tertiary alicyclic amines) is 1. The first-order valence-electron chi connectivity index (χ1n) is 14.3. The van der Waals surface area contributed by atoms with Crippen LogP contribution >= 0.6 is 0 Å². The summed E-state index contributed by atoms with van der Waals surface area (Å²) in [4.78, 5) is 42.3. The summed E-state index contributed by atoms with van der Waals surface area (Å²) in [5, 5.41) is 2.88. The lowest BCUT2D eigenvalue weighted by molar-refractivity contribution is -0.138. The van der Waals surface area contributed by atoms with Crippen LogP contribution in [0.25, 0.3) is 0 Å². The molecule has 1 unspecified atom stereocenters. The Bertz CT molecular complexity index is 1520. The highest BCUT2D eigenvalue weighted by atomic mass is 32.2. The van der Waals surface area contributed by atoms with E-state index < -0.39 is 10.0 Å². The molecule has 0 aromatic heterocycles. The summed E-state index contributed by atoms with van der Waals surface area (Å²) in [6.45, 7) is 3.56. The van der Waals surface area contributed by atoms with Crippen molar-refractivity contribution in [3.63, 3.8) is 0 Å². The summed E-state index contributed by atoms with van der Waals surface area (Å²) in [7, 11) is -3.67. The van der Waals surface area contributed by atoms with Gasteiger partial charge in [-0.3, -0.25) is 14.4 Å². The van der Waals surface area contributed by atoms with E-state index in [9.17, 15) is 22.8 Å². The van der Waals surface area contributed by atoms with Gasteiger partial charge in [-0.25, -0.2) is 13.1 Å². The number of rotatable bonds is 9. The first-order chi connectivity index (χ1) is 20.2. The molecule has 0 bridgehead atoms. The second-order valence-electron chi connectivity index (χ2n) is 11.0. The van der Waals surface area contributed by atoms with Crippen LogP contribution in [0.5, 0.6) is 0 Å². The van der Waals surface area contributed by atoms with Gasteiger partial charge in [-0.15, -0.1) is 0 Å². The zero-order valence-corrected chi connectivity index (χ0v) is 24.5. The molecule has 2 fully saturated rings. The van der Waals surface area contributed by atoms with Gasteiger partial charge in [0.15, 0.2) is 0 Å². The predicted molar refractivity (Wildman–Crippen MR) is 161 cm³/mol. The maximum atomic E-state index is 13.2. The van der Waals surface area contributed by atoms with E-state index in [4.69, 9.17) is 0 Å². The van der Waals surface area contributed by atoms with Crippen LogP contribution in [-0.2, 0) is 30.8 Å². The minimum absolute atomic E-state index is 0.0361. The van der Waals surface area contributed by atoms with E-state index in [1.807, 2.05) is 61.5 Å². The molecule has 0 spiro atoms. The molecule has 3 aromatic carbocycles. The standard InChI is InChI=1S/C32H36N4O5S/c1-23-7-11-28(12-8-23)36-22-26(21-30(36)37)32(39)35-19-16-25(17-20-35)31(38)34-27-9-13-29(14-10-27)42(40,41)33-18-15-24-5-3-2-4-6-24/h2-14,25-26,33H,15-22H2,1H3,(H,34,38). The van der Waals surface area contributed by atoms with Crippen molar-refractivity contribution in [1.82, 2.24) is 9.62 Å². The van der Waals surface area contributed by atoms with Crippen molar-refractivity contribution in [2.75, 3.05) is 36.4 Å². The number of piperidine rings is 1. The molecule has 0 radical (unpaired) electrons. The summed E-state index contributed by atoms with van der Waals surface area (Å²) in [5.41, 5.74) is 3.48. The number of hydrogen-bond acceptors (Lipinski definition) is 5. The molecule has 220 valence electrons. The Hall–Kier alpha value is -4.02. The van der Waals surface area contributed by atoms with E-state index in [0.717, 1.165) is 16.8 Å². The highest BCUT2D eigenvalue weighted by molar-refractivity contribution is 7.89. The SMILES string of the molecule is Cc1ccc(N2CC(C(=O)N3CCC(C(=O)Nc4ccc(S(=O)(=O)NCCc5ccccc5)cc4)CC3)CC2=O)cc1. The van der Waals surface area contributed by atoms with Gasteiger partial charge in [0, 0.05) is 49.9 Å². The molecule has 1 atom stereocenters. The lowest BCUT2D eigenvalue weighted by Gasteiger charge is -2.33. The molecule has 2 saturated heterocycles. The van der Waals surface area contributed by atoms with Gasteiger partial charge in [-0.2, -0.15) is 0 Å². The molecule has 0 aliphatic carbocycles. The number of amides is 3. The van der Waals surface area contributed by atoms with E-state index in [-0.39, 0.29) is 47.4 Å². The second-order valence-corrected chi connectivity index (χ2v) is 12.8. The van der Waals surface area contributed by atoms with Gasteiger partial charge in [0.2, 0.25) is 27.7 Å². The third-order valence-electron chi connectivity index (χ3n) is 7.98. The Balaban J connectivity index is 1.08. The van der Waals surface area contributed by atoms with Gasteiger partial charge in [-0.05, 0) is 68.1 Å². The Morgan fingerprint density at radius 1 is 0.881 bits per heavy atom. The number of anilines is 2. The molecule has 2 aliphatic heterocycles. The Morgan fingerprint density at radius 3 is 2.21 bits per heavy atom. The molecule has 10 heteroatoms. The molecule has 3 amide bonds. The summed E-state index contributed by atoms with van der Waals surface area (Å²) in [6, 6.07) is 23.5. The Kier molecular flexibility index (Phi) is 9.03. The summed E-state index contributed by atoms with van der Waals surface area (Å²) in [5.74, 6) is -0.877. The number of carbonyl (C=O) groups excluding carboxylic acids is 3. The average Bonchev–Trinajstić information content (AvgIpc) is 3.39. The molecule has 2 aliphatic rings. The third-order valence-corrected chi connectivity index (χ3v) is 9.46. The van der Waals surface area contributed by atoms with Gasteiger partial charge in [0.25, 0.3) is 0 Å². The molecule has 42 heavy (non-hydrogen) atoms. The minimum atomic E-state index is -3.67. The van der Waals surface area contributed by atoms with E-state index >= 15 is 0 Å². The molecular formula is C32H36N4O5S. The molecule has 9 nitrogen and oxygen atoms in total. The number of nitrogens with one attached hydrogen (secondary N) is 2. The lowest BCUT2D eigenvalue weighted by Crippen LogP contribution is -2.44. The Morgan fingerprint density at radius 2 is 1.55 bits per heavy atom. The van der Waals surface area contributed by atoms with Crippen molar-refractivity contribution in [1.29, 1.82) is 0 Å². The fourth-order valence-electron chi connectivity index (χ4n) is 5.49. The van der Waals surface area contributed by atoms with Crippen molar-refractivity contribution in [2.45, 2.75) is 37.5 Å². The van der Waals surface area contributed by atoms with E-state index in [2.05, 4.69) is 10.0 Å². The summed E-state index contributed by atoms with van der Waals surface area (Å²) >= 11 is 0. The zero-order valence-electron chi connectivity index (χ0n) is 23.7. The Labute approximate surface area is 247 Å². The molecule has 3 aromatic rings. The smallest absolute Gasteiger partial charge is 0.240 e. The van der Waals surface area contributed by atoms with Crippen LogP contribution in [0.3, 0.4) is 0 Å². The lowest BCUT2D eigenvalue weighted by atomic mass is 9.94. The average molecular weight is 589 g/mol. The van der Waals surface area contributed by atoms with E-state index in [1.165, 1.54) is 12.1 Å². The first kappa shape index (κ1) is 29.5. The zero-order chi connectivity index (χ0) is 29.7. The molecule has 2 heterocycles. The number of hydrogen-bond donors (Lipinski definition) is 2. The number of aryl methyl sites for hydroxylation is 1. The second kappa shape index (κ2) is 12.9. The predicted octanol–water partition coefficient (Wildman–Crippen LogP) is 3.75. The molecule has 2 N–H and O–H groups in total. The van der Waals surface area contributed by atoms with Gasteiger partial charge in [0.1, 0.15) is 0 Å². The molecule has 0 saturated carbocycles.